The minimum Gasteiger partial charge on any atom is -0.396 e. The zero-order valence-electron chi connectivity index (χ0n) is 9.45. The molecule has 0 aliphatic rings. The zero-order valence-corrected chi connectivity index (χ0v) is 10.3. The number of aliphatic hydroxyl groups is 1. The van der Waals surface area contributed by atoms with Crippen molar-refractivity contribution in [1.82, 2.24) is 4.31 Å². The number of rotatable bonds is 5. The van der Waals surface area contributed by atoms with E-state index in [1.54, 1.807) is 27.7 Å². The average molecular weight is 223 g/mol. The molecule has 0 spiro atoms. The number of sulfonamides is 1. The SMILES string of the molecule is CCN(CCCO)S(=O)(=O)C(C)(C)C. The summed E-state index contributed by atoms with van der Waals surface area (Å²) in [6.45, 7) is 7.74. The first-order valence-corrected chi connectivity index (χ1v) is 6.32. The molecule has 5 heteroatoms. The first-order chi connectivity index (χ1) is 6.27. The summed E-state index contributed by atoms with van der Waals surface area (Å²) in [5, 5.41) is 8.66. The third-order valence-corrected chi connectivity index (χ3v) is 4.70. The van der Waals surface area contributed by atoms with Gasteiger partial charge in [-0.1, -0.05) is 6.92 Å². The monoisotopic (exact) mass is 223 g/mol. The topological polar surface area (TPSA) is 57.6 Å². The van der Waals surface area contributed by atoms with Crippen LogP contribution >= 0.6 is 0 Å². The highest BCUT2D eigenvalue weighted by atomic mass is 32.2. The van der Waals surface area contributed by atoms with E-state index in [-0.39, 0.29) is 6.61 Å². The van der Waals surface area contributed by atoms with Gasteiger partial charge in [0.25, 0.3) is 0 Å². The van der Waals surface area contributed by atoms with Crippen LogP contribution in [0.3, 0.4) is 0 Å². The zero-order chi connectivity index (χ0) is 11.4. The molecule has 0 saturated heterocycles. The summed E-state index contributed by atoms with van der Waals surface area (Å²) in [5.74, 6) is 0. The van der Waals surface area contributed by atoms with E-state index in [0.29, 0.717) is 19.5 Å². The molecule has 0 saturated carbocycles. The van der Waals surface area contributed by atoms with Gasteiger partial charge in [-0.05, 0) is 27.2 Å². The Kier molecular flexibility index (Phi) is 5.05. The van der Waals surface area contributed by atoms with Crippen molar-refractivity contribution < 1.29 is 13.5 Å². The molecule has 0 heterocycles. The Hall–Kier alpha value is -0.130. The maximum atomic E-state index is 11.9. The molecule has 0 radical (unpaired) electrons. The molecule has 0 unspecified atom stereocenters. The van der Waals surface area contributed by atoms with Crippen molar-refractivity contribution in [2.45, 2.75) is 38.9 Å². The summed E-state index contributed by atoms with van der Waals surface area (Å²) in [4.78, 5) is 0. The molecule has 1 N–H and O–H groups in total. The highest BCUT2D eigenvalue weighted by molar-refractivity contribution is 7.90. The summed E-state index contributed by atoms with van der Waals surface area (Å²) in [7, 11) is -3.24. The van der Waals surface area contributed by atoms with Gasteiger partial charge in [0.1, 0.15) is 0 Å². The summed E-state index contributed by atoms with van der Waals surface area (Å²) in [6, 6.07) is 0. The van der Waals surface area contributed by atoms with Crippen molar-refractivity contribution >= 4 is 10.0 Å². The van der Waals surface area contributed by atoms with E-state index in [0.717, 1.165) is 0 Å². The van der Waals surface area contributed by atoms with Crippen LogP contribution in [0.25, 0.3) is 0 Å². The number of hydrogen-bond acceptors (Lipinski definition) is 3. The summed E-state index contributed by atoms with van der Waals surface area (Å²) < 4.78 is 24.5. The van der Waals surface area contributed by atoms with Gasteiger partial charge in [0, 0.05) is 19.7 Å². The van der Waals surface area contributed by atoms with Crippen LogP contribution in [-0.4, -0.2) is 42.3 Å². The van der Waals surface area contributed by atoms with Crippen LogP contribution in [0.5, 0.6) is 0 Å². The standard InChI is InChI=1S/C9H21NO3S/c1-5-10(7-6-8-11)14(12,13)9(2,3)4/h11H,5-8H2,1-4H3. The Bertz CT molecular complexity index is 254. The molecule has 4 nitrogen and oxygen atoms in total. The van der Waals surface area contributed by atoms with Gasteiger partial charge in [0.2, 0.25) is 10.0 Å². The normalized spacial score (nSPS) is 13.6. The molecular formula is C9H21NO3S. The average Bonchev–Trinajstić information content (AvgIpc) is 2.03. The molecule has 0 aromatic carbocycles. The van der Waals surface area contributed by atoms with Crippen molar-refractivity contribution in [1.29, 1.82) is 0 Å². The molecule has 0 fully saturated rings. The van der Waals surface area contributed by atoms with Crippen LogP contribution in [0.1, 0.15) is 34.1 Å². The molecule has 14 heavy (non-hydrogen) atoms. The lowest BCUT2D eigenvalue weighted by Gasteiger charge is -2.28. The van der Waals surface area contributed by atoms with E-state index in [1.165, 1.54) is 4.31 Å². The first kappa shape index (κ1) is 13.9. The third-order valence-electron chi connectivity index (χ3n) is 2.03. The predicted octanol–water partition coefficient (Wildman–Crippen LogP) is 0.819. The maximum Gasteiger partial charge on any atom is 0.219 e. The lowest BCUT2D eigenvalue weighted by Crippen LogP contribution is -2.43. The molecule has 0 rings (SSSR count). The number of aliphatic hydroxyl groups excluding tert-OH is 1. The van der Waals surface area contributed by atoms with Crippen molar-refractivity contribution in [3.63, 3.8) is 0 Å². The van der Waals surface area contributed by atoms with Crippen molar-refractivity contribution in [3.05, 3.63) is 0 Å². The van der Waals surface area contributed by atoms with Gasteiger partial charge in [-0.3, -0.25) is 0 Å². The molecule has 0 amide bonds. The van der Waals surface area contributed by atoms with Crippen molar-refractivity contribution in [2.24, 2.45) is 0 Å². The molecule has 0 atom stereocenters. The highest BCUT2D eigenvalue weighted by Gasteiger charge is 2.33. The van der Waals surface area contributed by atoms with Crippen LogP contribution < -0.4 is 0 Å². The number of hydrogen-bond donors (Lipinski definition) is 1. The minimum absolute atomic E-state index is 0.0240. The van der Waals surface area contributed by atoms with Crippen molar-refractivity contribution in [2.75, 3.05) is 19.7 Å². The smallest absolute Gasteiger partial charge is 0.219 e. The fourth-order valence-corrected chi connectivity index (χ4v) is 2.57. The third kappa shape index (κ3) is 3.22. The Balaban J connectivity index is 4.68. The second-order valence-corrected chi connectivity index (χ2v) is 6.88. The second-order valence-electron chi connectivity index (χ2n) is 4.19. The minimum atomic E-state index is -3.24. The van der Waals surface area contributed by atoms with E-state index >= 15 is 0 Å². The van der Waals surface area contributed by atoms with E-state index in [1.807, 2.05) is 0 Å². The first-order valence-electron chi connectivity index (χ1n) is 4.88. The molecule has 0 aliphatic heterocycles. The molecule has 86 valence electrons. The van der Waals surface area contributed by atoms with E-state index in [9.17, 15) is 8.42 Å². The van der Waals surface area contributed by atoms with Crippen LogP contribution in [0.2, 0.25) is 0 Å². The Morgan fingerprint density at radius 3 is 2.07 bits per heavy atom. The van der Waals surface area contributed by atoms with E-state index < -0.39 is 14.8 Å². The quantitative estimate of drug-likeness (QED) is 0.750. The molecule has 0 aromatic heterocycles. The van der Waals surface area contributed by atoms with E-state index in [4.69, 9.17) is 5.11 Å². The lowest BCUT2D eigenvalue weighted by molar-refractivity contribution is 0.269. The fourth-order valence-electron chi connectivity index (χ4n) is 1.08. The van der Waals surface area contributed by atoms with Gasteiger partial charge in [-0.2, -0.15) is 0 Å². The van der Waals surface area contributed by atoms with Gasteiger partial charge in [-0.25, -0.2) is 12.7 Å². The second kappa shape index (κ2) is 5.09. The van der Waals surface area contributed by atoms with E-state index in [2.05, 4.69) is 0 Å². The highest BCUT2D eigenvalue weighted by Crippen LogP contribution is 2.19. The van der Waals surface area contributed by atoms with Gasteiger partial charge >= 0.3 is 0 Å². The van der Waals surface area contributed by atoms with Crippen LogP contribution in [0.15, 0.2) is 0 Å². The van der Waals surface area contributed by atoms with Crippen LogP contribution in [0.4, 0.5) is 0 Å². The molecule has 0 aliphatic carbocycles. The fraction of sp³-hybridized carbons (Fsp3) is 1.00. The number of nitrogens with zero attached hydrogens (tertiary/aromatic N) is 1. The molecule has 0 bridgehead atoms. The Morgan fingerprint density at radius 2 is 1.79 bits per heavy atom. The summed E-state index contributed by atoms with van der Waals surface area (Å²) in [6.07, 6.45) is 0.489. The Labute approximate surface area is 87.0 Å². The van der Waals surface area contributed by atoms with Crippen molar-refractivity contribution in [3.8, 4) is 0 Å². The van der Waals surface area contributed by atoms with Gasteiger partial charge in [0.05, 0.1) is 4.75 Å². The molecular weight excluding hydrogens is 202 g/mol. The lowest BCUT2D eigenvalue weighted by atomic mass is 10.3. The van der Waals surface area contributed by atoms with Gasteiger partial charge in [-0.15, -0.1) is 0 Å². The van der Waals surface area contributed by atoms with Crippen LogP contribution in [-0.2, 0) is 10.0 Å². The Morgan fingerprint density at radius 1 is 1.29 bits per heavy atom. The van der Waals surface area contributed by atoms with Gasteiger partial charge in [0.15, 0.2) is 0 Å². The summed E-state index contributed by atoms with van der Waals surface area (Å²) >= 11 is 0. The maximum absolute atomic E-state index is 11.9. The van der Waals surface area contributed by atoms with Gasteiger partial charge < -0.3 is 5.11 Å². The predicted molar refractivity (Wildman–Crippen MR) is 57.6 cm³/mol. The summed E-state index contributed by atoms with van der Waals surface area (Å²) in [5.41, 5.74) is 0. The molecule has 0 aromatic rings. The van der Waals surface area contributed by atoms with Crippen LogP contribution in [0, 0.1) is 0 Å². The largest absolute Gasteiger partial charge is 0.396 e.